The minimum atomic E-state index is -1.43. The number of carbonyl (C=O) groups is 2. The first kappa shape index (κ1) is 13.6. The lowest BCUT2D eigenvalue weighted by Crippen LogP contribution is -2.65. The third-order valence-corrected chi connectivity index (χ3v) is 5.87. The second kappa shape index (κ2) is 3.94. The Morgan fingerprint density at radius 1 is 0.960 bits per heavy atom. The van der Waals surface area contributed by atoms with E-state index in [1.165, 1.54) is 6.08 Å². The van der Waals surface area contributed by atoms with Crippen LogP contribution >= 0.6 is 0 Å². The summed E-state index contributed by atoms with van der Waals surface area (Å²) in [6.45, 7) is 0. The van der Waals surface area contributed by atoms with E-state index >= 15 is 0 Å². The maximum atomic E-state index is 12.9. The molecule has 0 amide bonds. The van der Waals surface area contributed by atoms with Crippen molar-refractivity contribution in [2.45, 2.75) is 36.3 Å². The Morgan fingerprint density at radius 3 is 2.40 bits per heavy atom. The first-order valence-electron chi connectivity index (χ1n) is 8.49. The van der Waals surface area contributed by atoms with E-state index in [1.807, 2.05) is 36.4 Å². The molecule has 5 heteroatoms. The fourth-order valence-corrected chi connectivity index (χ4v) is 4.75. The van der Waals surface area contributed by atoms with Gasteiger partial charge in [0.05, 0.1) is 5.39 Å². The van der Waals surface area contributed by atoms with Crippen LogP contribution in [0.5, 0.6) is 11.5 Å². The monoisotopic (exact) mass is 334 g/mol. The van der Waals surface area contributed by atoms with Crippen LogP contribution in [0, 0.1) is 0 Å². The molecule has 1 saturated heterocycles. The molecule has 5 nitrogen and oxygen atoms in total. The molecule has 1 spiro atoms. The van der Waals surface area contributed by atoms with Crippen LogP contribution in [0.25, 0.3) is 10.8 Å². The van der Waals surface area contributed by atoms with Crippen LogP contribution in [-0.2, 0) is 14.3 Å². The molecule has 0 N–H and O–H groups in total. The van der Waals surface area contributed by atoms with Crippen LogP contribution in [0.3, 0.4) is 0 Å². The summed E-state index contributed by atoms with van der Waals surface area (Å²) in [5, 5.41) is 1.86. The zero-order valence-electron chi connectivity index (χ0n) is 13.3. The van der Waals surface area contributed by atoms with Crippen molar-refractivity contribution in [1.82, 2.24) is 0 Å². The van der Waals surface area contributed by atoms with Crippen LogP contribution in [0.2, 0.25) is 0 Å². The number of benzene rings is 2. The molecule has 124 valence electrons. The van der Waals surface area contributed by atoms with Gasteiger partial charge in [0.15, 0.2) is 17.2 Å². The molecule has 2 atom stereocenters. The zero-order chi connectivity index (χ0) is 16.9. The smallest absolute Gasteiger partial charge is 0.311 e. The number of Topliss-reactive ketones (excluding diaryl/α,β-unsaturated/α-hetero) is 1. The number of hydrogen-bond acceptors (Lipinski definition) is 5. The van der Waals surface area contributed by atoms with E-state index in [-0.39, 0.29) is 11.6 Å². The van der Waals surface area contributed by atoms with E-state index in [4.69, 9.17) is 14.2 Å². The predicted octanol–water partition coefficient (Wildman–Crippen LogP) is 2.71. The fourth-order valence-electron chi connectivity index (χ4n) is 4.75. The Kier molecular flexibility index (Phi) is 2.14. The van der Waals surface area contributed by atoms with Crippen molar-refractivity contribution in [3.05, 3.63) is 48.6 Å². The van der Waals surface area contributed by atoms with Crippen molar-refractivity contribution >= 4 is 22.3 Å². The SMILES string of the molecule is O=C1C=CC2(Oc3cccc4cccc(c34)O2)C23OC12CCCC3=O. The molecule has 2 unspecified atom stereocenters. The standard InChI is InChI=1S/C20H14O5/c21-15-9-11-19(20-16(22)8-3-10-18(15,20)25-20)23-13-6-1-4-12-5-2-7-14(24-19)17(12)13/h1-2,4-7,9,11H,3,8,10H2. The van der Waals surface area contributed by atoms with Gasteiger partial charge < -0.3 is 14.2 Å². The van der Waals surface area contributed by atoms with Crippen LogP contribution < -0.4 is 9.47 Å². The van der Waals surface area contributed by atoms with Gasteiger partial charge in [-0.2, -0.15) is 0 Å². The van der Waals surface area contributed by atoms with Crippen molar-refractivity contribution < 1.29 is 23.8 Å². The van der Waals surface area contributed by atoms with Crippen molar-refractivity contribution in [2.75, 3.05) is 0 Å². The fraction of sp³-hybridized carbons (Fsp3) is 0.300. The van der Waals surface area contributed by atoms with Gasteiger partial charge >= 0.3 is 5.79 Å². The molecule has 2 aliphatic heterocycles. The van der Waals surface area contributed by atoms with Crippen LogP contribution in [-0.4, -0.2) is 28.6 Å². The quantitative estimate of drug-likeness (QED) is 0.693. The van der Waals surface area contributed by atoms with Crippen molar-refractivity contribution in [2.24, 2.45) is 0 Å². The van der Waals surface area contributed by atoms with Crippen molar-refractivity contribution in [3.8, 4) is 11.5 Å². The molecule has 0 bridgehead atoms. The Hall–Kier alpha value is -2.66. The molecule has 2 aromatic rings. The largest absolute Gasteiger partial charge is 0.445 e. The molecule has 6 rings (SSSR count). The van der Waals surface area contributed by atoms with Gasteiger partial charge in [0, 0.05) is 12.5 Å². The summed E-state index contributed by atoms with van der Waals surface area (Å²) >= 11 is 0. The molecule has 0 radical (unpaired) electrons. The van der Waals surface area contributed by atoms with Gasteiger partial charge in [-0.25, -0.2) is 0 Å². The maximum absolute atomic E-state index is 12.9. The highest BCUT2D eigenvalue weighted by molar-refractivity contribution is 6.12. The topological polar surface area (TPSA) is 65.1 Å². The molecule has 1 saturated carbocycles. The average molecular weight is 334 g/mol. The highest BCUT2D eigenvalue weighted by Gasteiger charge is 2.90. The molecular formula is C20H14O5. The molecule has 0 aromatic heterocycles. The highest BCUT2D eigenvalue weighted by Crippen LogP contribution is 2.66. The Balaban J connectivity index is 1.61. The summed E-state index contributed by atoms with van der Waals surface area (Å²) in [7, 11) is 0. The number of hydrogen-bond donors (Lipinski definition) is 0. The number of ketones is 2. The summed E-state index contributed by atoms with van der Waals surface area (Å²) in [5.74, 6) is -0.453. The zero-order valence-corrected chi connectivity index (χ0v) is 13.3. The van der Waals surface area contributed by atoms with E-state index in [1.54, 1.807) is 6.08 Å². The molecular weight excluding hydrogens is 320 g/mol. The Labute approximate surface area is 143 Å². The molecule has 2 fully saturated rings. The van der Waals surface area contributed by atoms with E-state index in [0.717, 1.165) is 10.8 Å². The summed E-state index contributed by atoms with van der Waals surface area (Å²) in [6.07, 6.45) is 4.52. The number of epoxide rings is 1. The van der Waals surface area contributed by atoms with Gasteiger partial charge in [0.1, 0.15) is 11.5 Å². The van der Waals surface area contributed by atoms with Crippen LogP contribution in [0.15, 0.2) is 48.6 Å². The first-order chi connectivity index (χ1) is 12.1. The van der Waals surface area contributed by atoms with Crippen LogP contribution in [0.4, 0.5) is 0 Å². The van der Waals surface area contributed by atoms with E-state index in [0.29, 0.717) is 30.8 Å². The maximum Gasteiger partial charge on any atom is 0.311 e. The summed E-state index contributed by atoms with van der Waals surface area (Å²) in [4.78, 5) is 25.4. The summed E-state index contributed by atoms with van der Waals surface area (Å²) < 4.78 is 18.4. The summed E-state index contributed by atoms with van der Waals surface area (Å²) in [6, 6.07) is 11.5. The third-order valence-electron chi connectivity index (χ3n) is 5.87. The van der Waals surface area contributed by atoms with Crippen molar-refractivity contribution in [3.63, 3.8) is 0 Å². The lowest BCUT2D eigenvalue weighted by molar-refractivity contribution is -0.160. The second-order valence-electron chi connectivity index (χ2n) is 7.07. The number of ether oxygens (including phenoxy) is 3. The lowest BCUT2D eigenvalue weighted by atomic mass is 9.68. The minimum absolute atomic E-state index is 0.122. The molecule has 2 heterocycles. The predicted molar refractivity (Wildman–Crippen MR) is 87.5 cm³/mol. The summed E-state index contributed by atoms with van der Waals surface area (Å²) in [5.41, 5.74) is -2.50. The molecule has 4 aliphatic rings. The van der Waals surface area contributed by atoms with Crippen LogP contribution in [0.1, 0.15) is 19.3 Å². The second-order valence-corrected chi connectivity index (χ2v) is 7.07. The Morgan fingerprint density at radius 2 is 1.68 bits per heavy atom. The van der Waals surface area contributed by atoms with Gasteiger partial charge in [0.2, 0.25) is 5.60 Å². The van der Waals surface area contributed by atoms with Gasteiger partial charge in [-0.3, -0.25) is 9.59 Å². The van der Waals surface area contributed by atoms with Gasteiger partial charge in [-0.15, -0.1) is 0 Å². The van der Waals surface area contributed by atoms with E-state index in [2.05, 4.69) is 0 Å². The number of carbonyl (C=O) groups excluding carboxylic acids is 2. The minimum Gasteiger partial charge on any atom is -0.445 e. The highest BCUT2D eigenvalue weighted by atomic mass is 16.8. The third kappa shape index (κ3) is 1.30. The van der Waals surface area contributed by atoms with Gasteiger partial charge in [-0.05, 0) is 36.4 Å². The van der Waals surface area contributed by atoms with E-state index in [9.17, 15) is 9.59 Å². The molecule has 25 heavy (non-hydrogen) atoms. The molecule has 2 aromatic carbocycles. The average Bonchev–Trinajstić information content (AvgIpc) is 3.34. The first-order valence-corrected chi connectivity index (χ1v) is 8.49. The normalized spacial score (nSPS) is 33.4. The van der Waals surface area contributed by atoms with Gasteiger partial charge in [0.25, 0.3) is 0 Å². The van der Waals surface area contributed by atoms with Gasteiger partial charge in [-0.1, -0.05) is 24.3 Å². The lowest BCUT2D eigenvalue weighted by Gasteiger charge is -2.43. The number of rotatable bonds is 0. The van der Waals surface area contributed by atoms with E-state index < -0.39 is 17.0 Å². The Bertz CT molecular complexity index is 981. The molecule has 2 aliphatic carbocycles. The van der Waals surface area contributed by atoms with Crippen molar-refractivity contribution in [1.29, 1.82) is 0 Å².